The Hall–Kier alpha value is -1.70. The molecule has 0 aliphatic carbocycles. The molecule has 0 fully saturated rings. The smallest absolute Gasteiger partial charge is 0.126 e. The molecule has 2 heteroatoms. The first-order chi connectivity index (χ1) is 9.38. The van der Waals surface area contributed by atoms with E-state index in [1.807, 2.05) is 0 Å². The van der Waals surface area contributed by atoms with E-state index in [0.29, 0.717) is 0 Å². The predicted molar refractivity (Wildman–Crippen MR) is 79.4 cm³/mol. The van der Waals surface area contributed by atoms with Crippen LogP contribution < -0.4 is 9.64 Å². The standard InChI is InChI=1S/C17H19NO/c1-19-16-8-2-6-13-14-7-4-10-18-9-3-5-12(17(14)18)11-15(13)16/h2,6,8,11H,3-5,7,9-10H2,1H3. The van der Waals surface area contributed by atoms with E-state index in [9.17, 15) is 0 Å². The molecule has 0 spiro atoms. The van der Waals surface area contributed by atoms with Crippen LogP contribution in [0.25, 0.3) is 10.8 Å². The molecular weight excluding hydrogens is 234 g/mol. The molecule has 0 atom stereocenters. The molecule has 2 nitrogen and oxygen atoms in total. The third-order valence-electron chi connectivity index (χ3n) is 4.56. The second kappa shape index (κ2) is 4.16. The highest BCUT2D eigenvalue weighted by molar-refractivity contribution is 5.96. The van der Waals surface area contributed by atoms with Crippen molar-refractivity contribution in [2.24, 2.45) is 0 Å². The van der Waals surface area contributed by atoms with Crippen LogP contribution in [0, 0.1) is 0 Å². The molecule has 0 bridgehead atoms. The monoisotopic (exact) mass is 253 g/mol. The van der Waals surface area contributed by atoms with Crippen molar-refractivity contribution in [2.45, 2.75) is 25.7 Å². The minimum Gasteiger partial charge on any atom is -0.496 e. The van der Waals surface area contributed by atoms with Crippen LogP contribution in [0.15, 0.2) is 24.3 Å². The van der Waals surface area contributed by atoms with Crippen molar-refractivity contribution in [1.29, 1.82) is 0 Å². The van der Waals surface area contributed by atoms with Gasteiger partial charge in [0.1, 0.15) is 5.75 Å². The molecule has 0 saturated heterocycles. The van der Waals surface area contributed by atoms with Gasteiger partial charge in [-0.3, -0.25) is 0 Å². The normalized spacial score (nSPS) is 17.4. The van der Waals surface area contributed by atoms with E-state index in [0.717, 1.165) is 5.75 Å². The number of rotatable bonds is 1. The molecule has 2 aliphatic rings. The Bertz CT molecular complexity index is 645. The second-order valence-corrected chi connectivity index (χ2v) is 5.61. The molecule has 0 N–H and O–H groups in total. The maximum absolute atomic E-state index is 5.55. The second-order valence-electron chi connectivity index (χ2n) is 5.61. The molecule has 0 amide bonds. The summed E-state index contributed by atoms with van der Waals surface area (Å²) >= 11 is 0. The molecule has 2 aliphatic heterocycles. The molecule has 98 valence electrons. The van der Waals surface area contributed by atoms with E-state index in [1.165, 1.54) is 55.1 Å². The molecule has 0 radical (unpaired) electrons. The highest BCUT2D eigenvalue weighted by Gasteiger charge is 2.25. The van der Waals surface area contributed by atoms with E-state index in [1.54, 1.807) is 18.4 Å². The van der Waals surface area contributed by atoms with Gasteiger partial charge in [-0.05, 0) is 54.3 Å². The van der Waals surface area contributed by atoms with Crippen LogP contribution in [0.1, 0.15) is 24.0 Å². The Balaban J connectivity index is 2.08. The zero-order valence-electron chi connectivity index (χ0n) is 11.4. The summed E-state index contributed by atoms with van der Waals surface area (Å²) < 4.78 is 5.55. The predicted octanol–water partition coefficient (Wildman–Crippen LogP) is 3.55. The maximum Gasteiger partial charge on any atom is 0.126 e. The molecule has 0 saturated carbocycles. The van der Waals surface area contributed by atoms with Crippen molar-refractivity contribution in [1.82, 2.24) is 0 Å². The van der Waals surface area contributed by atoms with Gasteiger partial charge in [-0.2, -0.15) is 0 Å². The fourth-order valence-corrected chi connectivity index (χ4v) is 3.78. The fourth-order valence-electron chi connectivity index (χ4n) is 3.78. The van der Waals surface area contributed by atoms with Crippen LogP contribution in [-0.2, 0) is 12.8 Å². The highest BCUT2D eigenvalue weighted by atomic mass is 16.5. The molecule has 0 aromatic heterocycles. The van der Waals surface area contributed by atoms with Gasteiger partial charge in [-0.15, -0.1) is 0 Å². The molecule has 0 unspecified atom stereocenters. The Morgan fingerprint density at radius 3 is 2.74 bits per heavy atom. The van der Waals surface area contributed by atoms with Gasteiger partial charge in [0, 0.05) is 24.2 Å². The van der Waals surface area contributed by atoms with Gasteiger partial charge in [0.15, 0.2) is 0 Å². The van der Waals surface area contributed by atoms with Crippen molar-refractivity contribution in [2.75, 3.05) is 25.1 Å². The maximum atomic E-state index is 5.55. The van der Waals surface area contributed by atoms with Gasteiger partial charge in [0.2, 0.25) is 0 Å². The first-order valence-electron chi connectivity index (χ1n) is 7.25. The van der Waals surface area contributed by atoms with Gasteiger partial charge in [0.05, 0.1) is 7.11 Å². The van der Waals surface area contributed by atoms with Crippen molar-refractivity contribution >= 4 is 16.5 Å². The summed E-state index contributed by atoms with van der Waals surface area (Å²) in [4.78, 5) is 2.59. The number of anilines is 1. The van der Waals surface area contributed by atoms with Crippen LogP contribution in [0.2, 0.25) is 0 Å². The van der Waals surface area contributed by atoms with E-state index in [-0.39, 0.29) is 0 Å². The fraction of sp³-hybridized carbons (Fsp3) is 0.412. The molecule has 2 aromatic rings. The highest BCUT2D eigenvalue weighted by Crippen LogP contribution is 2.41. The Kier molecular flexibility index (Phi) is 2.44. The Morgan fingerprint density at radius 1 is 1.05 bits per heavy atom. The molecule has 19 heavy (non-hydrogen) atoms. The number of methoxy groups -OCH3 is 1. The van der Waals surface area contributed by atoms with Crippen LogP contribution >= 0.6 is 0 Å². The van der Waals surface area contributed by atoms with Crippen LogP contribution in [-0.4, -0.2) is 20.2 Å². The quantitative estimate of drug-likeness (QED) is 0.770. The number of hydrogen-bond acceptors (Lipinski definition) is 2. The summed E-state index contributed by atoms with van der Waals surface area (Å²) in [7, 11) is 1.77. The largest absolute Gasteiger partial charge is 0.496 e. The van der Waals surface area contributed by atoms with Crippen LogP contribution in [0.5, 0.6) is 5.75 Å². The number of fused-ring (bicyclic) bond motifs is 2. The Labute approximate surface area is 114 Å². The van der Waals surface area contributed by atoms with Crippen molar-refractivity contribution in [3.8, 4) is 5.75 Å². The van der Waals surface area contributed by atoms with E-state index in [2.05, 4.69) is 29.2 Å². The van der Waals surface area contributed by atoms with Crippen molar-refractivity contribution in [3.05, 3.63) is 35.4 Å². The topological polar surface area (TPSA) is 12.5 Å². The SMILES string of the molecule is COc1cccc2c3c4c(cc12)CCCN4CCC3. The zero-order chi connectivity index (χ0) is 12.8. The van der Waals surface area contributed by atoms with Crippen molar-refractivity contribution < 1.29 is 4.74 Å². The first-order valence-corrected chi connectivity index (χ1v) is 7.25. The van der Waals surface area contributed by atoms with Gasteiger partial charge >= 0.3 is 0 Å². The lowest BCUT2D eigenvalue weighted by Gasteiger charge is -2.37. The summed E-state index contributed by atoms with van der Waals surface area (Å²) in [6, 6.07) is 8.81. The third-order valence-corrected chi connectivity index (χ3v) is 4.56. The summed E-state index contributed by atoms with van der Waals surface area (Å²) in [5.41, 5.74) is 4.62. The third kappa shape index (κ3) is 1.55. The average Bonchev–Trinajstić information content (AvgIpc) is 2.47. The molecule has 2 aromatic carbocycles. The number of nitrogens with zero attached hydrogens (tertiary/aromatic N) is 1. The summed E-state index contributed by atoms with van der Waals surface area (Å²) in [6.07, 6.45) is 4.99. The summed E-state index contributed by atoms with van der Waals surface area (Å²) in [6.45, 7) is 2.46. The summed E-state index contributed by atoms with van der Waals surface area (Å²) in [5, 5.41) is 2.69. The Morgan fingerprint density at radius 2 is 1.89 bits per heavy atom. The lowest BCUT2D eigenvalue weighted by Crippen LogP contribution is -2.34. The van der Waals surface area contributed by atoms with Crippen molar-refractivity contribution in [3.63, 3.8) is 0 Å². The van der Waals surface area contributed by atoms with Gasteiger partial charge < -0.3 is 9.64 Å². The lowest BCUT2D eigenvalue weighted by molar-refractivity contribution is 0.419. The first kappa shape index (κ1) is 11.2. The summed E-state index contributed by atoms with van der Waals surface area (Å²) in [5.74, 6) is 1.01. The molecular formula is C17H19NO. The number of aryl methyl sites for hydroxylation is 2. The van der Waals surface area contributed by atoms with E-state index < -0.39 is 0 Å². The molecule has 4 rings (SSSR count). The van der Waals surface area contributed by atoms with Gasteiger partial charge in [-0.1, -0.05) is 12.1 Å². The minimum atomic E-state index is 1.01. The molecule has 2 heterocycles. The number of benzene rings is 2. The van der Waals surface area contributed by atoms with Gasteiger partial charge in [-0.25, -0.2) is 0 Å². The minimum absolute atomic E-state index is 1.01. The zero-order valence-corrected chi connectivity index (χ0v) is 11.4. The number of hydrogen-bond donors (Lipinski definition) is 0. The van der Waals surface area contributed by atoms with E-state index >= 15 is 0 Å². The van der Waals surface area contributed by atoms with Crippen LogP contribution in [0.3, 0.4) is 0 Å². The number of ether oxygens (including phenoxy) is 1. The lowest BCUT2D eigenvalue weighted by atomic mass is 9.87. The van der Waals surface area contributed by atoms with E-state index in [4.69, 9.17) is 4.74 Å². The van der Waals surface area contributed by atoms with Gasteiger partial charge in [0.25, 0.3) is 0 Å². The van der Waals surface area contributed by atoms with Crippen LogP contribution in [0.4, 0.5) is 5.69 Å². The average molecular weight is 253 g/mol.